The van der Waals surface area contributed by atoms with Crippen LogP contribution in [0.2, 0.25) is 0 Å². The van der Waals surface area contributed by atoms with Crippen molar-refractivity contribution in [1.29, 1.82) is 0 Å². The van der Waals surface area contributed by atoms with Crippen molar-refractivity contribution < 1.29 is 9.59 Å². The van der Waals surface area contributed by atoms with E-state index in [0.29, 0.717) is 12.6 Å². The van der Waals surface area contributed by atoms with Gasteiger partial charge < -0.3 is 10.2 Å². The Morgan fingerprint density at radius 2 is 1.85 bits per heavy atom. The molecule has 0 unspecified atom stereocenters. The van der Waals surface area contributed by atoms with Gasteiger partial charge in [0.25, 0.3) is 0 Å². The zero-order valence-corrected chi connectivity index (χ0v) is 12.0. The maximum Gasteiger partial charge on any atom is 0.239 e. The summed E-state index contributed by atoms with van der Waals surface area (Å²) in [5.41, 5.74) is 1.04. The molecule has 108 valence electrons. The summed E-state index contributed by atoms with van der Waals surface area (Å²) in [6.07, 6.45) is 4.49. The molecule has 4 nitrogen and oxygen atoms in total. The molecule has 4 heteroatoms. The van der Waals surface area contributed by atoms with Crippen molar-refractivity contribution in [2.24, 2.45) is 0 Å². The minimum absolute atomic E-state index is 0.0527. The smallest absolute Gasteiger partial charge is 0.239 e. The molecule has 1 aliphatic rings. The first-order valence-electron chi connectivity index (χ1n) is 7.24. The van der Waals surface area contributed by atoms with Gasteiger partial charge in [0.15, 0.2) is 0 Å². The third-order valence-electron chi connectivity index (χ3n) is 3.72. The lowest BCUT2D eigenvalue weighted by Crippen LogP contribution is -2.42. The Labute approximate surface area is 120 Å². The zero-order valence-electron chi connectivity index (χ0n) is 12.0. The Hall–Kier alpha value is -1.84. The molecular weight excluding hydrogens is 252 g/mol. The van der Waals surface area contributed by atoms with Crippen LogP contribution in [0.3, 0.4) is 0 Å². The molecule has 0 radical (unpaired) electrons. The van der Waals surface area contributed by atoms with E-state index in [4.69, 9.17) is 0 Å². The first kappa shape index (κ1) is 14.6. The van der Waals surface area contributed by atoms with Crippen LogP contribution in [0.15, 0.2) is 30.3 Å². The highest BCUT2D eigenvalue weighted by Crippen LogP contribution is 2.17. The molecule has 20 heavy (non-hydrogen) atoms. The predicted molar refractivity (Wildman–Crippen MR) is 77.9 cm³/mol. The molecule has 1 fully saturated rings. The second-order valence-corrected chi connectivity index (χ2v) is 5.41. The molecule has 0 bridgehead atoms. The first-order valence-corrected chi connectivity index (χ1v) is 7.24. The van der Waals surface area contributed by atoms with Crippen molar-refractivity contribution in [2.75, 3.05) is 6.54 Å². The van der Waals surface area contributed by atoms with Crippen LogP contribution < -0.4 is 5.32 Å². The molecule has 2 amide bonds. The fourth-order valence-electron chi connectivity index (χ4n) is 2.60. The molecule has 0 heterocycles. The van der Waals surface area contributed by atoms with Crippen LogP contribution in [0.5, 0.6) is 0 Å². The second-order valence-electron chi connectivity index (χ2n) is 5.41. The van der Waals surface area contributed by atoms with Gasteiger partial charge in [-0.25, -0.2) is 0 Å². The van der Waals surface area contributed by atoms with Crippen molar-refractivity contribution in [3.8, 4) is 0 Å². The molecule has 1 saturated carbocycles. The lowest BCUT2D eigenvalue weighted by atomic mass is 10.2. The van der Waals surface area contributed by atoms with Gasteiger partial charge in [0, 0.05) is 19.5 Å². The summed E-state index contributed by atoms with van der Waals surface area (Å²) in [6, 6.07) is 10.0. The topological polar surface area (TPSA) is 49.4 Å². The number of carbonyl (C=O) groups is 2. The van der Waals surface area contributed by atoms with Gasteiger partial charge in [-0.15, -0.1) is 0 Å². The van der Waals surface area contributed by atoms with Gasteiger partial charge in [0.2, 0.25) is 11.8 Å². The average molecular weight is 274 g/mol. The van der Waals surface area contributed by atoms with Crippen molar-refractivity contribution in [1.82, 2.24) is 10.2 Å². The van der Waals surface area contributed by atoms with Crippen LogP contribution >= 0.6 is 0 Å². The van der Waals surface area contributed by atoms with E-state index in [2.05, 4.69) is 5.32 Å². The summed E-state index contributed by atoms with van der Waals surface area (Å²) >= 11 is 0. The van der Waals surface area contributed by atoms with E-state index in [1.165, 1.54) is 19.8 Å². The Morgan fingerprint density at radius 3 is 2.45 bits per heavy atom. The summed E-state index contributed by atoms with van der Waals surface area (Å²) in [5, 5.41) is 3.02. The maximum atomic E-state index is 12.0. The van der Waals surface area contributed by atoms with E-state index < -0.39 is 0 Å². The summed E-state index contributed by atoms with van der Waals surface area (Å²) in [5.74, 6) is -0.126. The first-order chi connectivity index (χ1) is 9.65. The number of rotatable bonds is 5. The lowest BCUT2D eigenvalue weighted by Gasteiger charge is -2.22. The number of carbonyl (C=O) groups excluding carboxylic acids is 2. The summed E-state index contributed by atoms with van der Waals surface area (Å²) in [4.78, 5) is 25.2. The van der Waals surface area contributed by atoms with Gasteiger partial charge in [0.05, 0.1) is 6.54 Å². The monoisotopic (exact) mass is 274 g/mol. The quantitative estimate of drug-likeness (QED) is 0.894. The van der Waals surface area contributed by atoms with Crippen molar-refractivity contribution in [3.63, 3.8) is 0 Å². The fraction of sp³-hybridized carbons (Fsp3) is 0.500. The SMILES string of the molecule is CC(=O)N(CC(=O)NC1CCCC1)Cc1ccccc1. The zero-order chi connectivity index (χ0) is 14.4. The van der Waals surface area contributed by atoms with Crippen molar-refractivity contribution >= 4 is 11.8 Å². The number of hydrogen-bond donors (Lipinski definition) is 1. The van der Waals surface area contributed by atoms with Gasteiger partial charge in [-0.1, -0.05) is 43.2 Å². The Balaban J connectivity index is 1.88. The van der Waals surface area contributed by atoms with Gasteiger partial charge >= 0.3 is 0 Å². The highest BCUT2D eigenvalue weighted by atomic mass is 16.2. The Morgan fingerprint density at radius 1 is 1.20 bits per heavy atom. The van der Waals surface area contributed by atoms with Crippen molar-refractivity contribution in [2.45, 2.75) is 45.2 Å². The molecule has 1 aromatic carbocycles. The van der Waals surface area contributed by atoms with Gasteiger partial charge in [-0.2, -0.15) is 0 Å². The molecule has 0 aromatic heterocycles. The summed E-state index contributed by atoms with van der Waals surface area (Å²) in [7, 11) is 0. The summed E-state index contributed by atoms with van der Waals surface area (Å²) < 4.78 is 0. The molecule has 1 aromatic rings. The van der Waals surface area contributed by atoms with E-state index in [-0.39, 0.29) is 18.4 Å². The van der Waals surface area contributed by atoms with E-state index in [1.54, 1.807) is 4.90 Å². The number of amides is 2. The van der Waals surface area contributed by atoms with Gasteiger partial charge in [0.1, 0.15) is 0 Å². The minimum Gasteiger partial charge on any atom is -0.352 e. The van der Waals surface area contributed by atoms with Crippen LogP contribution in [-0.2, 0) is 16.1 Å². The van der Waals surface area contributed by atoms with E-state index >= 15 is 0 Å². The van der Waals surface area contributed by atoms with E-state index in [0.717, 1.165) is 18.4 Å². The van der Waals surface area contributed by atoms with Crippen molar-refractivity contribution in [3.05, 3.63) is 35.9 Å². The van der Waals surface area contributed by atoms with Crippen LogP contribution in [0.1, 0.15) is 38.2 Å². The molecule has 0 spiro atoms. The number of nitrogens with one attached hydrogen (secondary N) is 1. The van der Waals surface area contributed by atoms with E-state index in [1.807, 2.05) is 30.3 Å². The lowest BCUT2D eigenvalue weighted by molar-refractivity contribution is -0.135. The fourth-order valence-corrected chi connectivity index (χ4v) is 2.60. The normalized spacial score (nSPS) is 15.1. The van der Waals surface area contributed by atoms with Crippen LogP contribution in [-0.4, -0.2) is 29.3 Å². The van der Waals surface area contributed by atoms with Crippen LogP contribution in [0, 0.1) is 0 Å². The molecule has 0 aliphatic heterocycles. The van der Waals surface area contributed by atoms with Gasteiger partial charge in [-0.3, -0.25) is 9.59 Å². The molecule has 1 N–H and O–H groups in total. The second kappa shape index (κ2) is 7.08. The van der Waals surface area contributed by atoms with E-state index in [9.17, 15) is 9.59 Å². The molecule has 0 saturated heterocycles. The van der Waals surface area contributed by atoms with Crippen LogP contribution in [0.4, 0.5) is 0 Å². The number of hydrogen-bond acceptors (Lipinski definition) is 2. The molecule has 1 aliphatic carbocycles. The largest absolute Gasteiger partial charge is 0.352 e. The van der Waals surface area contributed by atoms with Crippen LogP contribution in [0.25, 0.3) is 0 Å². The standard InChI is InChI=1S/C16H22N2O2/c1-13(19)18(11-14-7-3-2-4-8-14)12-16(20)17-15-9-5-6-10-15/h2-4,7-8,15H,5-6,9-12H2,1H3,(H,17,20). The number of nitrogens with zero attached hydrogens (tertiary/aromatic N) is 1. The highest BCUT2D eigenvalue weighted by molar-refractivity contribution is 5.83. The molecule has 0 atom stereocenters. The summed E-state index contributed by atoms with van der Waals surface area (Å²) in [6.45, 7) is 2.13. The third-order valence-corrected chi connectivity index (χ3v) is 3.72. The minimum atomic E-state index is -0.0737. The van der Waals surface area contributed by atoms with Gasteiger partial charge in [-0.05, 0) is 18.4 Å². The third kappa shape index (κ3) is 4.37. The maximum absolute atomic E-state index is 12.0. The predicted octanol–water partition coefficient (Wildman–Crippen LogP) is 2.09. The molecular formula is C16H22N2O2. The Kier molecular flexibility index (Phi) is 5.16. The number of benzene rings is 1. The highest BCUT2D eigenvalue weighted by Gasteiger charge is 2.19. The average Bonchev–Trinajstić information content (AvgIpc) is 2.92. The molecule has 2 rings (SSSR count). The Bertz CT molecular complexity index is 453.